The van der Waals surface area contributed by atoms with Gasteiger partial charge in [0, 0.05) is 30.2 Å². The lowest BCUT2D eigenvalue weighted by atomic mass is 9.96. The van der Waals surface area contributed by atoms with Crippen LogP contribution in [0.1, 0.15) is 31.2 Å². The van der Waals surface area contributed by atoms with Gasteiger partial charge in [-0.2, -0.15) is 0 Å². The summed E-state index contributed by atoms with van der Waals surface area (Å²) in [4.78, 5) is 15.6. The lowest BCUT2D eigenvalue weighted by molar-refractivity contribution is -0.120. The number of aromatic nitrogens is 2. The number of carbonyl (C=O) groups is 1. The summed E-state index contributed by atoms with van der Waals surface area (Å²) in [5.74, 6) is 1.08. The number of imidazole rings is 1. The Labute approximate surface area is 130 Å². The average Bonchev–Trinajstić information content (AvgIpc) is 2.85. The van der Waals surface area contributed by atoms with Crippen LogP contribution in [0.3, 0.4) is 0 Å². The first-order chi connectivity index (χ1) is 9.65. The lowest BCUT2D eigenvalue weighted by Gasteiger charge is -2.19. The Kier molecular flexibility index (Phi) is 4.48. The molecule has 1 aromatic heterocycles. The average molecular weight is 304 g/mol. The summed E-state index contributed by atoms with van der Waals surface area (Å²) >= 11 is 0. The number of carbonyl (C=O) groups excluding carboxylic acids is 1. The zero-order chi connectivity index (χ0) is 14.1. The first-order valence-electron chi connectivity index (χ1n) is 6.75. The van der Waals surface area contributed by atoms with Gasteiger partial charge in [-0.25, -0.2) is 4.98 Å². The highest BCUT2D eigenvalue weighted by Crippen LogP contribution is 2.26. The maximum absolute atomic E-state index is 11.3. The van der Waals surface area contributed by atoms with E-state index in [-0.39, 0.29) is 18.3 Å². The third kappa shape index (κ3) is 3.00. The minimum atomic E-state index is 0. The maximum atomic E-state index is 11.3. The highest BCUT2D eigenvalue weighted by Gasteiger charge is 2.16. The molecule has 1 N–H and O–H groups in total. The summed E-state index contributed by atoms with van der Waals surface area (Å²) < 4.78 is 2.05. The minimum absolute atomic E-state index is 0. The number of benzene rings is 1. The first-order valence-corrected chi connectivity index (χ1v) is 6.75. The molecule has 21 heavy (non-hydrogen) atoms. The Morgan fingerprint density at radius 3 is 2.43 bits per heavy atom. The molecule has 0 aliphatic carbocycles. The molecule has 110 valence electrons. The second-order valence-corrected chi connectivity index (χ2v) is 5.04. The molecule has 0 saturated heterocycles. The number of nitrogens with zero attached hydrogens (tertiary/aromatic N) is 2. The molecular formula is C16H18ClN3O. The molecule has 0 radical (unpaired) electrons. The Balaban J connectivity index is 0.00000161. The fraction of sp³-hybridized carbons (Fsp3) is 0.250. The fourth-order valence-electron chi connectivity index (χ4n) is 2.61. The highest BCUT2D eigenvalue weighted by atomic mass is 35.5. The van der Waals surface area contributed by atoms with E-state index < -0.39 is 0 Å². The normalized spacial score (nSPS) is 14.7. The SMILES string of the molecule is CC1=C(c2ccc(-n3ccnc3C)cc2)CCC(=O)N1.Cl. The highest BCUT2D eigenvalue weighted by molar-refractivity contribution is 5.86. The third-order valence-electron chi connectivity index (χ3n) is 3.70. The monoisotopic (exact) mass is 303 g/mol. The quantitative estimate of drug-likeness (QED) is 0.926. The van der Waals surface area contributed by atoms with E-state index in [2.05, 4.69) is 34.6 Å². The predicted octanol–water partition coefficient (Wildman–Crippen LogP) is 3.24. The minimum Gasteiger partial charge on any atom is -0.330 e. The zero-order valence-electron chi connectivity index (χ0n) is 12.1. The first kappa shape index (κ1) is 15.3. The van der Waals surface area contributed by atoms with Crippen molar-refractivity contribution >= 4 is 23.9 Å². The van der Waals surface area contributed by atoms with E-state index in [4.69, 9.17) is 0 Å². The van der Waals surface area contributed by atoms with Crippen LogP contribution >= 0.6 is 12.4 Å². The van der Waals surface area contributed by atoms with E-state index >= 15 is 0 Å². The molecule has 0 fully saturated rings. The molecule has 2 aromatic rings. The number of aryl methyl sites for hydroxylation is 1. The molecule has 1 amide bonds. The molecule has 1 aliphatic heterocycles. The Hall–Kier alpha value is -2.07. The molecule has 1 aliphatic rings. The van der Waals surface area contributed by atoms with Crippen LogP contribution in [0.2, 0.25) is 0 Å². The standard InChI is InChI=1S/C16H17N3O.ClH/c1-11-15(7-8-16(20)18-11)13-3-5-14(6-4-13)19-10-9-17-12(19)2;/h3-6,9-10H,7-8H2,1-2H3,(H,18,20);1H. The number of rotatable bonds is 2. The molecule has 0 unspecified atom stereocenters. The van der Waals surface area contributed by atoms with Crippen molar-refractivity contribution in [2.45, 2.75) is 26.7 Å². The fourth-order valence-corrected chi connectivity index (χ4v) is 2.61. The summed E-state index contributed by atoms with van der Waals surface area (Å²) in [6, 6.07) is 8.37. The van der Waals surface area contributed by atoms with Gasteiger partial charge in [-0.3, -0.25) is 4.79 Å². The van der Waals surface area contributed by atoms with Gasteiger partial charge >= 0.3 is 0 Å². The maximum Gasteiger partial charge on any atom is 0.224 e. The van der Waals surface area contributed by atoms with Crippen LogP contribution in [-0.2, 0) is 4.79 Å². The number of hydrogen-bond acceptors (Lipinski definition) is 2. The second kappa shape index (κ2) is 6.14. The predicted molar refractivity (Wildman–Crippen MR) is 85.5 cm³/mol. The molecule has 4 nitrogen and oxygen atoms in total. The lowest BCUT2D eigenvalue weighted by Crippen LogP contribution is -2.26. The molecular weight excluding hydrogens is 286 g/mol. The molecule has 3 rings (SSSR count). The van der Waals surface area contributed by atoms with Gasteiger partial charge in [0.05, 0.1) is 0 Å². The van der Waals surface area contributed by atoms with Gasteiger partial charge in [0.25, 0.3) is 0 Å². The number of amides is 1. The van der Waals surface area contributed by atoms with Gasteiger partial charge in [0.2, 0.25) is 5.91 Å². The molecule has 5 heteroatoms. The van der Waals surface area contributed by atoms with Crippen molar-refractivity contribution in [2.24, 2.45) is 0 Å². The summed E-state index contributed by atoms with van der Waals surface area (Å²) in [5, 5.41) is 2.90. The summed E-state index contributed by atoms with van der Waals surface area (Å²) in [7, 11) is 0. The van der Waals surface area contributed by atoms with Crippen LogP contribution in [0, 0.1) is 6.92 Å². The topological polar surface area (TPSA) is 46.9 Å². The van der Waals surface area contributed by atoms with E-state index in [0.717, 1.165) is 23.6 Å². The van der Waals surface area contributed by atoms with Gasteiger partial charge in [-0.1, -0.05) is 12.1 Å². The number of allylic oxidation sites excluding steroid dienone is 2. The van der Waals surface area contributed by atoms with Crippen LogP contribution in [0.25, 0.3) is 11.3 Å². The van der Waals surface area contributed by atoms with Crippen molar-refractivity contribution < 1.29 is 4.79 Å². The van der Waals surface area contributed by atoms with Crippen molar-refractivity contribution in [3.05, 3.63) is 53.7 Å². The number of nitrogens with one attached hydrogen (secondary N) is 1. The molecule has 2 heterocycles. The number of hydrogen-bond donors (Lipinski definition) is 1. The van der Waals surface area contributed by atoms with E-state index in [0.29, 0.717) is 6.42 Å². The van der Waals surface area contributed by atoms with E-state index in [1.807, 2.05) is 24.6 Å². The van der Waals surface area contributed by atoms with E-state index in [1.54, 1.807) is 6.20 Å². The Morgan fingerprint density at radius 1 is 1.14 bits per heavy atom. The van der Waals surface area contributed by atoms with Crippen LogP contribution in [-0.4, -0.2) is 15.5 Å². The van der Waals surface area contributed by atoms with E-state index in [9.17, 15) is 4.79 Å². The smallest absolute Gasteiger partial charge is 0.224 e. The largest absolute Gasteiger partial charge is 0.330 e. The van der Waals surface area contributed by atoms with Crippen molar-refractivity contribution in [3.8, 4) is 5.69 Å². The van der Waals surface area contributed by atoms with Gasteiger partial charge in [-0.05, 0) is 43.5 Å². The Bertz CT molecular complexity index is 686. The summed E-state index contributed by atoms with van der Waals surface area (Å²) in [6.07, 6.45) is 5.12. The number of halogens is 1. The van der Waals surface area contributed by atoms with Gasteiger partial charge in [0.15, 0.2) is 0 Å². The summed E-state index contributed by atoms with van der Waals surface area (Å²) in [5.41, 5.74) is 4.46. The third-order valence-corrected chi connectivity index (χ3v) is 3.70. The summed E-state index contributed by atoms with van der Waals surface area (Å²) in [6.45, 7) is 3.94. The second-order valence-electron chi connectivity index (χ2n) is 5.04. The van der Waals surface area contributed by atoms with E-state index in [1.165, 1.54) is 11.1 Å². The molecule has 0 bridgehead atoms. The van der Waals surface area contributed by atoms with Crippen LogP contribution in [0.15, 0.2) is 42.4 Å². The van der Waals surface area contributed by atoms with Gasteiger partial charge < -0.3 is 9.88 Å². The molecule has 0 atom stereocenters. The zero-order valence-corrected chi connectivity index (χ0v) is 12.9. The van der Waals surface area contributed by atoms with Crippen LogP contribution < -0.4 is 5.32 Å². The Morgan fingerprint density at radius 2 is 1.86 bits per heavy atom. The van der Waals surface area contributed by atoms with Crippen molar-refractivity contribution in [1.29, 1.82) is 0 Å². The van der Waals surface area contributed by atoms with Crippen molar-refractivity contribution in [2.75, 3.05) is 0 Å². The van der Waals surface area contributed by atoms with Crippen LogP contribution in [0.5, 0.6) is 0 Å². The van der Waals surface area contributed by atoms with Crippen molar-refractivity contribution in [1.82, 2.24) is 14.9 Å². The van der Waals surface area contributed by atoms with Gasteiger partial charge in [-0.15, -0.1) is 12.4 Å². The van der Waals surface area contributed by atoms with Gasteiger partial charge in [0.1, 0.15) is 5.82 Å². The molecule has 1 aromatic carbocycles. The molecule has 0 spiro atoms. The van der Waals surface area contributed by atoms with Crippen molar-refractivity contribution in [3.63, 3.8) is 0 Å². The van der Waals surface area contributed by atoms with Crippen LogP contribution in [0.4, 0.5) is 0 Å². The molecule has 0 saturated carbocycles.